The molecule has 1 fully saturated rings. The van der Waals surface area contributed by atoms with E-state index in [9.17, 15) is 8.42 Å². The summed E-state index contributed by atoms with van der Waals surface area (Å²) in [4.78, 5) is 0.353. The number of nitrogens with one attached hydrogen (secondary N) is 2. The lowest BCUT2D eigenvalue weighted by molar-refractivity contribution is 0.577. The monoisotopic (exact) mass is 257 g/mol. The summed E-state index contributed by atoms with van der Waals surface area (Å²) in [6.07, 6.45) is 3.94. The quantitative estimate of drug-likeness (QED) is 0.777. The van der Waals surface area contributed by atoms with E-state index in [0.717, 1.165) is 18.5 Å². The van der Waals surface area contributed by atoms with Crippen molar-refractivity contribution >= 4 is 10.0 Å². The van der Waals surface area contributed by atoms with Crippen LogP contribution < -0.4 is 10.0 Å². The third-order valence-electron chi connectivity index (χ3n) is 3.01. The zero-order valence-electron chi connectivity index (χ0n) is 10.2. The van der Waals surface area contributed by atoms with Gasteiger partial charge in [0.25, 0.3) is 0 Å². The lowest BCUT2D eigenvalue weighted by atomic mass is 10.4. The van der Waals surface area contributed by atoms with Crippen LogP contribution in [0.25, 0.3) is 0 Å². The Morgan fingerprint density at radius 1 is 1.47 bits per heavy atom. The second kappa shape index (κ2) is 4.80. The number of aryl methyl sites for hydroxylation is 1. The third-order valence-corrected chi connectivity index (χ3v) is 4.40. The second-order valence-corrected chi connectivity index (χ2v) is 6.37. The van der Waals surface area contributed by atoms with Crippen LogP contribution in [0.4, 0.5) is 0 Å². The molecule has 1 aliphatic rings. The maximum absolute atomic E-state index is 12.0. The van der Waals surface area contributed by atoms with Gasteiger partial charge in [-0.2, -0.15) is 0 Å². The predicted octanol–water partition coefficient (Wildman–Crippen LogP) is 0.433. The number of aromatic nitrogens is 1. The second-order valence-electron chi connectivity index (χ2n) is 4.60. The van der Waals surface area contributed by atoms with E-state index in [2.05, 4.69) is 10.0 Å². The molecule has 0 radical (unpaired) electrons. The molecule has 0 aliphatic heterocycles. The molecule has 5 nitrogen and oxygen atoms in total. The number of nitrogens with zero attached hydrogens (tertiary/aromatic N) is 1. The average Bonchev–Trinajstić information content (AvgIpc) is 3.02. The Morgan fingerprint density at radius 2 is 2.18 bits per heavy atom. The molecule has 1 aliphatic carbocycles. The van der Waals surface area contributed by atoms with Gasteiger partial charge in [-0.15, -0.1) is 0 Å². The van der Waals surface area contributed by atoms with Crippen LogP contribution in [0.2, 0.25) is 0 Å². The lowest BCUT2D eigenvalue weighted by Gasteiger charge is -2.02. The SMILES string of the molecule is CNCc1cc(S(=O)(=O)NCC2CC2)cn1C. The summed E-state index contributed by atoms with van der Waals surface area (Å²) >= 11 is 0. The van der Waals surface area contributed by atoms with Crippen LogP contribution in [-0.4, -0.2) is 26.6 Å². The molecule has 1 saturated carbocycles. The fourth-order valence-electron chi connectivity index (χ4n) is 1.71. The number of hydrogen-bond donors (Lipinski definition) is 2. The van der Waals surface area contributed by atoms with Crippen molar-refractivity contribution in [2.75, 3.05) is 13.6 Å². The fraction of sp³-hybridized carbons (Fsp3) is 0.636. The number of sulfonamides is 1. The molecule has 0 saturated heterocycles. The van der Waals surface area contributed by atoms with Gasteiger partial charge in [-0.3, -0.25) is 0 Å². The molecular formula is C11H19N3O2S. The van der Waals surface area contributed by atoms with Gasteiger partial charge < -0.3 is 9.88 Å². The van der Waals surface area contributed by atoms with E-state index in [0.29, 0.717) is 23.9 Å². The van der Waals surface area contributed by atoms with Gasteiger partial charge in [-0.25, -0.2) is 13.1 Å². The minimum Gasteiger partial charge on any atom is -0.352 e. The Kier molecular flexibility index (Phi) is 3.56. The van der Waals surface area contributed by atoms with Crippen LogP contribution in [0.15, 0.2) is 17.2 Å². The van der Waals surface area contributed by atoms with E-state index in [-0.39, 0.29) is 0 Å². The van der Waals surface area contributed by atoms with Crippen molar-refractivity contribution in [1.82, 2.24) is 14.6 Å². The first-order valence-corrected chi connectivity index (χ1v) is 7.31. The van der Waals surface area contributed by atoms with Crippen molar-refractivity contribution in [3.8, 4) is 0 Å². The van der Waals surface area contributed by atoms with Crippen LogP contribution in [0.1, 0.15) is 18.5 Å². The van der Waals surface area contributed by atoms with E-state index in [4.69, 9.17) is 0 Å². The summed E-state index contributed by atoms with van der Waals surface area (Å²) in [7, 11) is 0.360. The summed E-state index contributed by atoms with van der Waals surface area (Å²) in [6, 6.07) is 1.71. The molecule has 17 heavy (non-hydrogen) atoms. The Hall–Kier alpha value is -0.850. The van der Waals surface area contributed by atoms with Crippen molar-refractivity contribution < 1.29 is 8.42 Å². The molecular weight excluding hydrogens is 238 g/mol. The largest absolute Gasteiger partial charge is 0.352 e. The number of hydrogen-bond acceptors (Lipinski definition) is 3. The molecule has 2 N–H and O–H groups in total. The molecule has 0 amide bonds. The maximum Gasteiger partial charge on any atom is 0.242 e. The molecule has 0 atom stereocenters. The van der Waals surface area contributed by atoms with Gasteiger partial charge in [0.15, 0.2) is 0 Å². The van der Waals surface area contributed by atoms with Gasteiger partial charge in [0.2, 0.25) is 10.0 Å². The van der Waals surface area contributed by atoms with Crippen molar-refractivity contribution in [3.63, 3.8) is 0 Å². The summed E-state index contributed by atoms with van der Waals surface area (Å²) in [5.41, 5.74) is 0.958. The zero-order valence-corrected chi connectivity index (χ0v) is 11.0. The Morgan fingerprint density at radius 3 is 2.76 bits per heavy atom. The summed E-state index contributed by atoms with van der Waals surface area (Å²) < 4.78 is 28.5. The Labute approximate surface area is 102 Å². The molecule has 6 heteroatoms. The van der Waals surface area contributed by atoms with Gasteiger partial charge >= 0.3 is 0 Å². The highest BCUT2D eigenvalue weighted by Gasteiger charge is 2.25. The average molecular weight is 257 g/mol. The maximum atomic E-state index is 12.0. The van der Waals surface area contributed by atoms with Gasteiger partial charge in [0, 0.05) is 32.0 Å². The molecule has 0 spiro atoms. The molecule has 0 bridgehead atoms. The van der Waals surface area contributed by atoms with E-state index in [1.807, 2.05) is 18.7 Å². The van der Waals surface area contributed by atoms with E-state index in [1.165, 1.54) is 0 Å². The van der Waals surface area contributed by atoms with Crippen LogP contribution in [0, 0.1) is 5.92 Å². The van der Waals surface area contributed by atoms with E-state index < -0.39 is 10.0 Å². The van der Waals surface area contributed by atoms with Gasteiger partial charge in [-0.1, -0.05) is 0 Å². The van der Waals surface area contributed by atoms with Crippen molar-refractivity contribution in [1.29, 1.82) is 0 Å². The minimum absolute atomic E-state index is 0.353. The van der Waals surface area contributed by atoms with E-state index >= 15 is 0 Å². The highest BCUT2D eigenvalue weighted by atomic mass is 32.2. The van der Waals surface area contributed by atoms with Crippen LogP contribution >= 0.6 is 0 Å². The zero-order chi connectivity index (χ0) is 12.5. The third kappa shape index (κ3) is 3.08. The topological polar surface area (TPSA) is 63.1 Å². The number of rotatable bonds is 6. The first-order chi connectivity index (χ1) is 8.03. The van der Waals surface area contributed by atoms with Crippen LogP contribution in [-0.2, 0) is 23.6 Å². The van der Waals surface area contributed by atoms with Crippen molar-refractivity contribution in [2.45, 2.75) is 24.3 Å². The highest BCUT2D eigenvalue weighted by molar-refractivity contribution is 7.89. The van der Waals surface area contributed by atoms with Crippen LogP contribution in [0.3, 0.4) is 0 Å². The minimum atomic E-state index is -3.33. The molecule has 0 unspecified atom stereocenters. The Balaban J connectivity index is 2.11. The van der Waals surface area contributed by atoms with Crippen molar-refractivity contribution in [2.24, 2.45) is 13.0 Å². The standard InChI is InChI=1S/C11H19N3O2S/c1-12-7-10-5-11(8-14(10)2)17(15,16)13-6-9-3-4-9/h5,8-9,12-13H,3-4,6-7H2,1-2H3. The van der Waals surface area contributed by atoms with Crippen molar-refractivity contribution in [3.05, 3.63) is 18.0 Å². The van der Waals surface area contributed by atoms with Gasteiger partial charge in [-0.05, 0) is 31.9 Å². The molecule has 1 heterocycles. The molecule has 2 rings (SSSR count). The van der Waals surface area contributed by atoms with E-state index in [1.54, 1.807) is 12.3 Å². The lowest BCUT2D eigenvalue weighted by Crippen LogP contribution is -2.25. The molecule has 96 valence electrons. The Bertz CT molecular complexity index is 489. The van der Waals surface area contributed by atoms with Gasteiger partial charge in [0.1, 0.15) is 0 Å². The first kappa shape index (κ1) is 12.6. The molecule has 1 aromatic rings. The molecule has 0 aromatic carbocycles. The van der Waals surface area contributed by atoms with Gasteiger partial charge in [0.05, 0.1) is 4.90 Å². The van der Waals surface area contributed by atoms with Crippen LogP contribution in [0.5, 0.6) is 0 Å². The smallest absolute Gasteiger partial charge is 0.242 e. The first-order valence-electron chi connectivity index (χ1n) is 5.82. The molecule has 1 aromatic heterocycles. The highest BCUT2D eigenvalue weighted by Crippen LogP contribution is 2.28. The predicted molar refractivity (Wildman–Crippen MR) is 66.1 cm³/mol. The normalized spacial score (nSPS) is 16.4. The summed E-state index contributed by atoms with van der Waals surface area (Å²) in [5.74, 6) is 0.547. The fourth-order valence-corrected chi connectivity index (χ4v) is 2.92. The summed E-state index contributed by atoms with van der Waals surface area (Å²) in [6.45, 7) is 1.23. The summed E-state index contributed by atoms with van der Waals surface area (Å²) in [5, 5.41) is 3.01.